The van der Waals surface area contributed by atoms with Crippen molar-refractivity contribution in [3.8, 4) is 11.5 Å². The number of carbonyl (C=O) groups excluding carboxylic acids is 1. The molecular weight excluding hydrogens is 340 g/mol. The number of benzene rings is 2. The Balaban J connectivity index is 1.70. The van der Waals surface area contributed by atoms with Crippen LogP contribution in [0.5, 0.6) is 11.5 Å². The number of fused-ring (bicyclic) bond motifs is 1. The zero-order valence-corrected chi connectivity index (χ0v) is 16.3. The lowest BCUT2D eigenvalue weighted by molar-refractivity contribution is -0.120. The van der Waals surface area contributed by atoms with E-state index >= 15 is 0 Å². The maximum Gasteiger partial charge on any atom is 0.239 e. The van der Waals surface area contributed by atoms with Gasteiger partial charge in [-0.2, -0.15) is 0 Å². The fraction of sp³-hybridized carbons (Fsp3) is 0.409. The van der Waals surface area contributed by atoms with Gasteiger partial charge in [-0.15, -0.1) is 0 Å². The molecule has 0 bridgehead atoms. The molecule has 0 saturated carbocycles. The molecule has 1 unspecified atom stereocenters. The van der Waals surface area contributed by atoms with Crippen LogP contribution in [0.1, 0.15) is 31.9 Å². The number of carbonyl (C=O) groups is 1. The Morgan fingerprint density at radius 3 is 2.48 bits per heavy atom. The van der Waals surface area contributed by atoms with Gasteiger partial charge in [0, 0.05) is 19.2 Å². The molecule has 1 atom stereocenters. The average Bonchev–Trinajstić information content (AvgIpc) is 2.91. The van der Waals surface area contributed by atoms with Crippen molar-refractivity contribution in [2.75, 3.05) is 31.7 Å². The molecule has 5 nitrogen and oxygen atoms in total. The summed E-state index contributed by atoms with van der Waals surface area (Å²) < 4.78 is 11.5. The van der Waals surface area contributed by atoms with Gasteiger partial charge in [-0.1, -0.05) is 38.1 Å². The summed E-state index contributed by atoms with van der Waals surface area (Å²) >= 11 is 0. The number of nitrogens with one attached hydrogen (secondary N) is 1. The smallest absolute Gasteiger partial charge is 0.239 e. The van der Waals surface area contributed by atoms with Crippen LogP contribution in [0, 0.1) is 5.92 Å². The van der Waals surface area contributed by atoms with E-state index in [4.69, 9.17) is 9.47 Å². The van der Waals surface area contributed by atoms with Crippen molar-refractivity contribution in [3.05, 3.63) is 54.1 Å². The molecule has 0 saturated heterocycles. The zero-order chi connectivity index (χ0) is 19.2. The first-order valence-corrected chi connectivity index (χ1v) is 9.49. The molecule has 2 aromatic rings. The van der Waals surface area contributed by atoms with Gasteiger partial charge in [0.1, 0.15) is 0 Å². The fourth-order valence-corrected chi connectivity index (χ4v) is 3.22. The number of anilines is 1. The van der Waals surface area contributed by atoms with Crippen molar-refractivity contribution in [3.63, 3.8) is 0 Å². The standard InChI is InChI=1S/C22H28N2O3/c1-16(2)22(17-10-11-19-20(14-17)27-13-7-12-26-19)23-21(25)15-24(3)18-8-5-4-6-9-18/h4-6,8-11,14,16,22H,7,12-13,15H2,1-3H3,(H,23,25). The molecule has 2 aromatic carbocycles. The Kier molecular flexibility index (Phi) is 6.22. The van der Waals surface area contributed by atoms with Crippen LogP contribution in [-0.2, 0) is 4.79 Å². The van der Waals surface area contributed by atoms with Crippen LogP contribution < -0.4 is 19.7 Å². The molecule has 0 spiro atoms. The lowest BCUT2D eigenvalue weighted by Crippen LogP contribution is -2.39. The number of amides is 1. The fourth-order valence-electron chi connectivity index (χ4n) is 3.22. The summed E-state index contributed by atoms with van der Waals surface area (Å²) in [5.41, 5.74) is 2.05. The summed E-state index contributed by atoms with van der Waals surface area (Å²) in [5, 5.41) is 3.18. The second kappa shape index (κ2) is 8.80. The number of rotatable bonds is 6. The van der Waals surface area contributed by atoms with Crippen molar-refractivity contribution < 1.29 is 14.3 Å². The first kappa shape index (κ1) is 19.1. The third-order valence-electron chi connectivity index (χ3n) is 4.69. The van der Waals surface area contributed by atoms with E-state index in [1.807, 2.05) is 60.5 Å². The van der Waals surface area contributed by atoms with E-state index < -0.39 is 0 Å². The average molecular weight is 368 g/mol. The van der Waals surface area contributed by atoms with Crippen LogP contribution >= 0.6 is 0 Å². The normalized spacial score (nSPS) is 14.4. The van der Waals surface area contributed by atoms with Crippen LogP contribution in [0.3, 0.4) is 0 Å². The number of nitrogens with zero attached hydrogens (tertiary/aromatic N) is 1. The minimum absolute atomic E-state index is 0.00726. The van der Waals surface area contributed by atoms with E-state index in [0.29, 0.717) is 19.8 Å². The van der Waals surface area contributed by atoms with Gasteiger partial charge in [0.05, 0.1) is 25.8 Å². The highest BCUT2D eigenvalue weighted by molar-refractivity contribution is 5.81. The number of para-hydroxylation sites is 1. The third kappa shape index (κ3) is 4.94. The number of ether oxygens (including phenoxy) is 2. The number of hydrogen-bond donors (Lipinski definition) is 1. The molecule has 1 aliphatic rings. The van der Waals surface area contributed by atoms with Crippen LogP contribution in [0.25, 0.3) is 0 Å². The van der Waals surface area contributed by atoms with E-state index in [0.717, 1.165) is 29.2 Å². The Morgan fingerprint density at radius 1 is 1.07 bits per heavy atom. The Morgan fingerprint density at radius 2 is 1.78 bits per heavy atom. The first-order chi connectivity index (χ1) is 13.0. The second-order valence-electron chi connectivity index (χ2n) is 7.24. The predicted octanol–water partition coefficient (Wildman–Crippen LogP) is 3.80. The largest absolute Gasteiger partial charge is 0.490 e. The molecule has 1 N–H and O–H groups in total. The van der Waals surface area contributed by atoms with Gasteiger partial charge >= 0.3 is 0 Å². The van der Waals surface area contributed by atoms with Crippen molar-refractivity contribution in [2.45, 2.75) is 26.3 Å². The highest BCUT2D eigenvalue weighted by Crippen LogP contribution is 2.34. The highest BCUT2D eigenvalue weighted by Gasteiger charge is 2.21. The molecule has 3 rings (SSSR count). The summed E-state index contributed by atoms with van der Waals surface area (Å²) in [6.07, 6.45) is 0.875. The van der Waals surface area contributed by atoms with Gasteiger partial charge in [0.2, 0.25) is 5.91 Å². The summed E-state index contributed by atoms with van der Waals surface area (Å²) in [4.78, 5) is 14.6. The highest BCUT2D eigenvalue weighted by atomic mass is 16.5. The molecule has 0 aliphatic carbocycles. The SMILES string of the molecule is CC(C)C(NC(=O)CN(C)c1ccccc1)c1ccc2c(c1)OCCCO2. The van der Waals surface area contributed by atoms with Gasteiger partial charge in [0.25, 0.3) is 0 Å². The van der Waals surface area contributed by atoms with E-state index in [-0.39, 0.29) is 17.9 Å². The van der Waals surface area contributed by atoms with E-state index in [9.17, 15) is 4.79 Å². The number of hydrogen-bond acceptors (Lipinski definition) is 4. The molecule has 0 aromatic heterocycles. The summed E-state index contributed by atoms with van der Waals surface area (Å²) in [6, 6.07) is 15.8. The molecule has 1 heterocycles. The van der Waals surface area contributed by atoms with Gasteiger partial charge in [-0.25, -0.2) is 0 Å². The van der Waals surface area contributed by atoms with Crippen LogP contribution in [-0.4, -0.2) is 32.7 Å². The molecule has 0 radical (unpaired) electrons. The molecule has 27 heavy (non-hydrogen) atoms. The summed E-state index contributed by atoms with van der Waals surface area (Å²) in [7, 11) is 1.92. The molecule has 0 fully saturated rings. The lowest BCUT2D eigenvalue weighted by Gasteiger charge is -2.26. The Labute approximate surface area is 161 Å². The van der Waals surface area contributed by atoms with Gasteiger partial charge in [0.15, 0.2) is 11.5 Å². The van der Waals surface area contributed by atoms with Crippen LogP contribution in [0.2, 0.25) is 0 Å². The van der Waals surface area contributed by atoms with E-state index in [2.05, 4.69) is 19.2 Å². The lowest BCUT2D eigenvalue weighted by atomic mass is 9.95. The Bertz CT molecular complexity index is 761. The quantitative estimate of drug-likeness (QED) is 0.843. The maximum atomic E-state index is 12.7. The van der Waals surface area contributed by atoms with E-state index in [1.54, 1.807) is 0 Å². The van der Waals surface area contributed by atoms with Crippen LogP contribution in [0.15, 0.2) is 48.5 Å². The first-order valence-electron chi connectivity index (χ1n) is 9.49. The molecule has 1 aliphatic heterocycles. The van der Waals surface area contributed by atoms with Crippen LogP contribution in [0.4, 0.5) is 5.69 Å². The summed E-state index contributed by atoms with van der Waals surface area (Å²) in [5.74, 6) is 1.77. The molecule has 144 valence electrons. The topological polar surface area (TPSA) is 50.8 Å². The molecular formula is C22H28N2O3. The number of likely N-dealkylation sites (N-methyl/N-ethyl adjacent to an activating group) is 1. The minimum Gasteiger partial charge on any atom is -0.490 e. The van der Waals surface area contributed by atoms with Crippen molar-refractivity contribution in [1.29, 1.82) is 0 Å². The summed E-state index contributed by atoms with van der Waals surface area (Å²) in [6.45, 7) is 5.83. The van der Waals surface area contributed by atoms with Crippen molar-refractivity contribution in [2.24, 2.45) is 5.92 Å². The predicted molar refractivity (Wildman–Crippen MR) is 107 cm³/mol. The third-order valence-corrected chi connectivity index (χ3v) is 4.69. The van der Waals surface area contributed by atoms with Gasteiger partial charge in [-0.05, 0) is 35.7 Å². The van der Waals surface area contributed by atoms with Crippen molar-refractivity contribution >= 4 is 11.6 Å². The van der Waals surface area contributed by atoms with Gasteiger partial charge in [-0.3, -0.25) is 4.79 Å². The monoisotopic (exact) mass is 368 g/mol. The van der Waals surface area contributed by atoms with Gasteiger partial charge < -0.3 is 19.7 Å². The second-order valence-corrected chi connectivity index (χ2v) is 7.24. The van der Waals surface area contributed by atoms with Crippen molar-refractivity contribution in [1.82, 2.24) is 5.32 Å². The Hall–Kier alpha value is -2.69. The molecule has 1 amide bonds. The maximum absolute atomic E-state index is 12.7. The van der Waals surface area contributed by atoms with E-state index in [1.165, 1.54) is 0 Å². The molecule has 5 heteroatoms. The zero-order valence-electron chi connectivity index (χ0n) is 16.3. The minimum atomic E-state index is -0.0844.